The zero-order valence-corrected chi connectivity index (χ0v) is 16.3. The first kappa shape index (κ1) is 18.2. The molecular formula is C21H17BFN3O4. The van der Waals surface area contributed by atoms with E-state index in [1.165, 1.54) is 4.48 Å². The van der Waals surface area contributed by atoms with Gasteiger partial charge in [0.15, 0.2) is 0 Å². The van der Waals surface area contributed by atoms with Crippen LogP contribution in [0.1, 0.15) is 11.1 Å². The van der Waals surface area contributed by atoms with E-state index in [9.17, 15) is 0 Å². The molecule has 0 atom stereocenters. The van der Waals surface area contributed by atoms with Gasteiger partial charge in [0.2, 0.25) is 11.6 Å². The summed E-state index contributed by atoms with van der Waals surface area (Å²) in [4.78, 5) is 8.91. The fourth-order valence-electron chi connectivity index (χ4n) is 3.39. The molecule has 0 amide bonds. The summed E-state index contributed by atoms with van der Waals surface area (Å²) in [5.74, 6) is 2.29. The summed E-state index contributed by atoms with van der Waals surface area (Å²) in [5, 5.41) is 0. The van der Waals surface area contributed by atoms with E-state index < -0.39 is 6.96 Å². The summed E-state index contributed by atoms with van der Waals surface area (Å²) in [6.07, 6.45) is 0. The molecule has 0 unspecified atom stereocenters. The van der Waals surface area contributed by atoms with Crippen LogP contribution in [0.3, 0.4) is 0 Å². The van der Waals surface area contributed by atoms with Crippen molar-refractivity contribution in [1.29, 1.82) is 0 Å². The van der Waals surface area contributed by atoms with Crippen molar-refractivity contribution in [2.24, 2.45) is 9.98 Å². The fraction of sp³-hybridized carbons (Fsp3) is 0.0952. The second-order valence-electron chi connectivity index (χ2n) is 6.72. The monoisotopic (exact) mass is 405 g/mol. The Kier molecular flexibility index (Phi) is 4.16. The Balaban J connectivity index is 1.57. The number of rotatable bonds is 4. The fourth-order valence-corrected chi connectivity index (χ4v) is 3.39. The molecule has 0 fully saturated rings. The smallest absolute Gasteiger partial charge is 0.596 e. The molecule has 3 heterocycles. The zero-order chi connectivity index (χ0) is 20.7. The lowest BCUT2D eigenvalue weighted by Gasteiger charge is -2.38. The highest BCUT2D eigenvalue weighted by Gasteiger charge is 2.52. The van der Waals surface area contributed by atoms with E-state index in [1.807, 2.05) is 0 Å². The maximum Gasteiger partial charge on any atom is 0.729 e. The van der Waals surface area contributed by atoms with Gasteiger partial charge in [-0.3, -0.25) is 0 Å². The standard InChI is InChI=1S/C21H17BFN3O4/c1-27-16-10-6-14(7-11-16)20-24-18-4-3-5-19-25-21(30-22(23,29-20)26(18)19)15-8-12-17(28-2)13-9-15/h3-13H,1-2H3. The van der Waals surface area contributed by atoms with Gasteiger partial charge in [0.25, 0.3) is 11.8 Å². The Morgan fingerprint density at radius 3 is 1.57 bits per heavy atom. The number of halogens is 1. The van der Waals surface area contributed by atoms with Gasteiger partial charge in [0.05, 0.1) is 25.3 Å². The van der Waals surface area contributed by atoms with Crippen LogP contribution in [0.2, 0.25) is 0 Å². The lowest BCUT2D eigenvalue weighted by atomic mass is 9.96. The Hall–Kier alpha value is -3.88. The molecule has 0 bridgehead atoms. The van der Waals surface area contributed by atoms with Gasteiger partial charge in [-0.2, -0.15) is 0 Å². The Morgan fingerprint density at radius 2 is 1.17 bits per heavy atom. The van der Waals surface area contributed by atoms with Crippen molar-refractivity contribution >= 4 is 30.4 Å². The molecule has 0 radical (unpaired) electrons. The van der Waals surface area contributed by atoms with Crippen molar-refractivity contribution in [3.8, 4) is 11.5 Å². The maximum absolute atomic E-state index is 16.1. The molecule has 2 aromatic carbocycles. The van der Waals surface area contributed by atoms with Crippen molar-refractivity contribution in [3.05, 3.63) is 77.9 Å². The van der Waals surface area contributed by atoms with Crippen LogP contribution in [0, 0.1) is 0 Å². The highest BCUT2D eigenvalue weighted by atomic mass is 19.1. The first-order valence-corrected chi connectivity index (χ1v) is 9.31. The van der Waals surface area contributed by atoms with Gasteiger partial charge in [-0.25, -0.2) is 0 Å². The highest BCUT2D eigenvalue weighted by Crippen LogP contribution is 2.30. The molecule has 2 aliphatic heterocycles. The molecule has 7 nitrogen and oxygen atoms in total. The minimum absolute atomic E-state index is 0.119. The van der Waals surface area contributed by atoms with E-state index in [0.717, 1.165) is 0 Å². The van der Waals surface area contributed by atoms with E-state index in [2.05, 4.69) is 9.98 Å². The van der Waals surface area contributed by atoms with E-state index in [0.29, 0.717) is 34.3 Å². The van der Waals surface area contributed by atoms with Gasteiger partial charge in [-0.1, -0.05) is 9.98 Å². The molecule has 150 valence electrons. The maximum atomic E-state index is 16.1. The number of benzene rings is 2. The summed E-state index contributed by atoms with van der Waals surface area (Å²) < 4.78 is 39.1. The van der Waals surface area contributed by atoms with E-state index in [4.69, 9.17) is 18.8 Å². The number of aromatic nitrogens is 1. The van der Waals surface area contributed by atoms with Crippen LogP contribution in [0.4, 0.5) is 16.0 Å². The molecule has 1 aromatic heterocycles. The van der Waals surface area contributed by atoms with Crippen LogP contribution in [-0.2, 0) is 9.31 Å². The molecular weight excluding hydrogens is 388 g/mol. The van der Waals surface area contributed by atoms with Crippen molar-refractivity contribution in [2.45, 2.75) is 0 Å². The summed E-state index contributed by atoms with van der Waals surface area (Å²) in [7, 11) is 3.15. The van der Waals surface area contributed by atoms with Gasteiger partial charge in [0, 0.05) is 12.1 Å². The molecule has 0 saturated heterocycles. The lowest BCUT2D eigenvalue weighted by Crippen LogP contribution is -2.70. The second kappa shape index (κ2) is 6.87. The van der Waals surface area contributed by atoms with Gasteiger partial charge < -0.3 is 27.6 Å². The SMILES string of the molecule is COc1ccc(C2=Nc3cccc4[n+]3[B-](F)(O2)OC(c2ccc(OC)cc2)=N4)cc1. The van der Waals surface area contributed by atoms with Gasteiger partial charge in [0.1, 0.15) is 11.5 Å². The molecule has 9 heteroatoms. The number of pyridine rings is 1. The molecule has 0 aliphatic carbocycles. The molecule has 0 N–H and O–H groups in total. The minimum atomic E-state index is -3.45. The Morgan fingerprint density at radius 1 is 0.733 bits per heavy atom. The molecule has 5 rings (SSSR count). The first-order valence-electron chi connectivity index (χ1n) is 9.31. The summed E-state index contributed by atoms with van der Waals surface area (Å²) in [6.45, 7) is -3.45. The van der Waals surface area contributed by atoms with Crippen LogP contribution < -0.4 is 14.0 Å². The van der Waals surface area contributed by atoms with Crippen LogP contribution in [0.5, 0.6) is 11.5 Å². The second-order valence-corrected chi connectivity index (χ2v) is 6.72. The predicted molar refractivity (Wildman–Crippen MR) is 109 cm³/mol. The zero-order valence-electron chi connectivity index (χ0n) is 16.3. The molecule has 2 aliphatic rings. The third-order valence-electron chi connectivity index (χ3n) is 4.91. The van der Waals surface area contributed by atoms with E-state index in [1.54, 1.807) is 80.9 Å². The van der Waals surface area contributed by atoms with Crippen molar-refractivity contribution in [3.63, 3.8) is 0 Å². The molecule has 30 heavy (non-hydrogen) atoms. The van der Waals surface area contributed by atoms with Crippen LogP contribution in [-0.4, -0.2) is 33.0 Å². The number of hydrogen-bond acceptors (Lipinski definition) is 6. The number of methoxy groups -OCH3 is 2. The highest BCUT2D eigenvalue weighted by molar-refractivity contribution is 6.57. The largest absolute Gasteiger partial charge is 0.729 e. The first-order chi connectivity index (χ1) is 14.6. The third-order valence-corrected chi connectivity index (χ3v) is 4.91. The Labute approximate surface area is 172 Å². The number of nitrogens with zero attached hydrogens (tertiary/aromatic N) is 3. The van der Waals surface area contributed by atoms with Gasteiger partial charge in [-0.05, 0) is 54.6 Å². The number of ether oxygens (including phenoxy) is 2. The average Bonchev–Trinajstić information content (AvgIpc) is 2.78. The molecule has 3 aromatic rings. The predicted octanol–water partition coefficient (Wildman–Crippen LogP) is 3.46. The van der Waals surface area contributed by atoms with Crippen LogP contribution in [0.25, 0.3) is 0 Å². The van der Waals surface area contributed by atoms with Crippen molar-refractivity contribution in [1.82, 2.24) is 0 Å². The Bertz CT molecular complexity index is 1090. The van der Waals surface area contributed by atoms with Crippen LogP contribution in [0.15, 0.2) is 76.7 Å². The summed E-state index contributed by atoms with van der Waals surface area (Å²) >= 11 is 0. The quantitative estimate of drug-likeness (QED) is 0.624. The van der Waals surface area contributed by atoms with Crippen LogP contribution >= 0.6 is 0 Å². The summed E-state index contributed by atoms with van der Waals surface area (Å²) in [5.41, 5.74) is 1.20. The number of aliphatic imine (C=N–C) groups is 2. The van der Waals surface area contributed by atoms with Crippen molar-refractivity contribution in [2.75, 3.05) is 14.2 Å². The van der Waals surface area contributed by atoms with Gasteiger partial charge in [-0.15, -0.1) is 0 Å². The molecule has 0 spiro atoms. The molecule has 0 saturated carbocycles. The lowest BCUT2D eigenvalue weighted by molar-refractivity contribution is -0.561. The topological polar surface area (TPSA) is 65.5 Å². The van der Waals surface area contributed by atoms with Crippen molar-refractivity contribution < 1.29 is 27.6 Å². The summed E-state index contributed by atoms with van der Waals surface area (Å²) in [6, 6.07) is 19.1. The van der Waals surface area contributed by atoms with E-state index >= 15 is 4.32 Å². The normalized spacial score (nSPS) is 15.7. The minimum Gasteiger partial charge on any atom is -0.596 e. The third kappa shape index (κ3) is 2.95. The van der Waals surface area contributed by atoms with Gasteiger partial charge >= 0.3 is 6.96 Å². The number of hydrogen-bond donors (Lipinski definition) is 0. The average molecular weight is 405 g/mol. The van der Waals surface area contributed by atoms with E-state index in [-0.39, 0.29) is 11.8 Å².